The lowest BCUT2D eigenvalue weighted by molar-refractivity contribution is 0.00963. The number of fused-ring (bicyclic) bond motifs is 1. The van der Waals surface area contributed by atoms with Gasteiger partial charge in [-0.25, -0.2) is 9.37 Å². The van der Waals surface area contributed by atoms with Gasteiger partial charge in [-0.05, 0) is 42.0 Å². The van der Waals surface area contributed by atoms with E-state index >= 15 is 0 Å². The summed E-state index contributed by atoms with van der Waals surface area (Å²) in [7, 11) is 0. The summed E-state index contributed by atoms with van der Waals surface area (Å²) in [6.45, 7) is 1.87. The normalized spacial score (nSPS) is 14.3. The number of rotatable bonds is 5. The first kappa shape index (κ1) is 18.7. The molecule has 144 valence electrons. The molecule has 0 saturated carbocycles. The molecule has 0 amide bonds. The summed E-state index contributed by atoms with van der Waals surface area (Å²) >= 11 is 0. The Hall–Kier alpha value is -3.63. The van der Waals surface area contributed by atoms with Crippen molar-refractivity contribution in [2.45, 2.75) is 24.9 Å². The topological polar surface area (TPSA) is 98.5 Å². The van der Waals surface area contributed by atoms with Gasteiger partial charge in [0.05, 0.1) is 17.1 Å². The third-order valence-corrected chi connectivity index (χ3v) is 5.24. The van der Waals surface area contributed by atoms with Crippen LogP contribution in [0.25, 0.3) is 10.9 Å². The van der Waals surface area contributed by atoms with Gasteiger partial charge < -0.3 is 5.11 Å². The van der Waals surface area contributed by atoms with Crippen LogP contribution < -0.4 is 0 Å². The van der Waals surface area contributed by atoms with E-state index in [-0.39, 0.29) is 12.2 Å². The Kier molecular flexibility index (Phi) is 4.79. The van der Waals surface area contributed by atoms with Gasteiger partial charge in [-0.15, -0.1) is 0 Å². The zero-order chi connectivity index (χ0) is 20.4. The molecular weight excluding hydrogens is 369 g/mol. The van der Waals surface area contributed by atoms with Crippen LogP contribution in [0.2, 0.25) is 0 Å². The van der Waals surface area contributed by atoms with Crippen LogP contribution in [-0.4, -0.2) is 25.3 Å². The van der Waals surface area contributed by atoms with Gasteiger partial charge in [0.1, 0.15) is 17.7 Å². The molecule has 4 rings (SSSR count). The minimum atomic E-state index is -1.40. The molecule has 0 saturated heterocycles. The maximum Gasteiger partial charge on any atom is 0.153 e. The molecule has 0 aliphatic heterocycles. The molecule has 0 radical (unpaired) electrons. The molecule has 0 spiro atoms. The highest BCUT2D eigenvalue weighted by Gasteiger charge is 2.39. The number of hydrogen-bond donors (Lipinski definition) is 2. The maximum atomic E-state index is 13.5. The first-order chi connectivity index (χ1) is 14.0. The van der Waals surface area contributed by atoms with Crippen molar-refractivity contribution in [2.75, 3.05) is 0 Å². The molecule has 0 aliphatic rings. The van der Waals surface area contributed by atoms with Gasteiger partial charge >= 0.3 is 0 Å². The molecule has 2 unspecified atom stereocenters. The first-order valence-electron chi connectivity index (χ1n) is 9.13. The molecule has 2 atom stereocenters. The van der Waals surface area contributed by atoms with Crippen molar-refractivity contribution in [1.82, 2.24) is 20.2 Å². The third kappa shape index (κ3) is 3.58. The Morgan fingerprint density at radius 2 is 1.97 bits per heavy atom. The molecule has 0 aliphatic carbocycles. The Morgan fingerprint density at radius 1 is 1.17 bits per heavy atom. The molecule has 2 N–H and O–H groups in total. The summed E-state index contributed by atoms with van der Waals surface area (Å²) in [5, 5.41) is 28.4. The van der Waals surface area contributed by atoms with Crippen molar-refractivity contribution in [2.24, 2.45) is 0 Å². The lowest BCUT2D eigenvalue weighted by Gasteiger charge is -2.34. The number of halogens is 1. The molecular formula is C22H18FN5O. The van der Waals surface area contributed by atoms with Crippen LogP contribution in [0.4, 0.5) is 4.39 Å². The van der Waals surface area contributed by atoms with E-state index in [2.05, 4.69) is 21.3 Å². The number of aliphatic hydroxyl groups is 1. The molecule has 7 heteroatoms. The third-order valence-electron chi connectivity index (χ3n) is 5.24. The fraction of sp³-hybridized carbons (Fsp3) is 0.182. The van der Waals surface area contributed by atoms with Crippen molar-refractivity contribution in [3.8, 4) is 6.07 Å². The SMILES string of the molecule is CC(c1ccc2cc(C#N)ccc2n1)C(O)(Cc1nc[nH]n1)c1ccc(F)cc1. The summed E-state index contributed by atoms with van der Waals surface area (Å²) in [6, 6.07) is 16.9. The van der Waals surface area contributed by atoms with Gasteiger partial charge in [-0.3, -0.25) is 10.1 Å². The summed E-state index contributed by atoms with van der Waals surface area (Å²) in [6.07, 6.45) is 1.59. The monoisotopic (exact) mass is 387 g/mol. The highest BCUT2D eigenvalue weighted by molar-refractivity contribution is 5.80. The lowest BCUT2D eigenvalue weighted by atomic mass is 9.77. The van der Waals surface area contributed by atoms with Crippen LogP contribution in [0.15, 0.2) is 60.9 Å². The van der Waals surface area contributed by atoms with E-state index in [4.69, 9.17) is 10.2 Å². The molecule has 29 heavy (non-hydrogen) atoms. The van der Waals surface area contributed by atoms with E-state index in [1.54, 1.807) is 30.3 Å². The molecule has 0 bridgehead atoms. The summed E-state index contributed by atoms with van der Waals surface area (Å²) in [5.41, 5.74) is 1.12. The van der Waals surface area contributed by atoms with Crippen LogP contribution in [0.1, 0.15) is 35.5 Å². The second kappa shape index (κ2) is 7.41. The van der Waals surface area contributed by atoms with Gasteiger partial charge in [-0.1, -0.05) is 25.1 Å². The first-order valence-corrected chi connectivity index (χ1v) is 9.13. The lowest BCUT2D eigenvalue weighted by Crippen LogP contribution is -2.35. The van der Waals surface area contributed by atoms with Crippen LogP contribution in [0.3, 0.4) is 0 Å². The van der Waals surface area contributed by atoms with Crippen molar-refractivity contribution < 1.29 is 9.50 Å². The molecule has 2 aromatic carbocycles. The number of nitrogens with zero attached hydrogens (tertiary/aromatic N) is 4. The Bertz CT molecular complexity index is 1180. The quantitative estimate of drug-likeness (QED) is 0.545. The highest BCUT2D eigenvalue weighted by Crippen LogP contribution is 2.39. The molecule has 6 nitrogen and oxygen atoms in total. The summed E-state index contributed by atoms with van der Waals surface area (Å²) in [5.74, 6) is -0.367. The number of H-pyrrole nitrogens is 1. The van der Waals surface area contributed by atoms with E-state index in [0.29, 0.717) is 22.6 Å². The van der Waals surface area contributed by atoms with E-state index < -0.39 is 11.5 Å². The number of pyridine rings is 1. The fourth-order valence-corrected chi connectivity index (χ4v) is 3.50. The standard InChI is InChI=1S/C22H18FN5O/c1-14(19-9-3-16-10-15(12-24)2-8-20(16)27-19)22(29,11-21-25-13-26-28-21)17-4-6-18(23)7-5-17/h2-10,13-14,29H,11H2,1H3,(H,25,26,28). The van der Waals surface area contributed by atoms with Crippen LogP contribution >= 0.6 is 0 Å². The number of aromatic nitrogens is 4. The average molecular weight is 387 g/mol. The Morgan fingerprint density at radius 3 is 2.66 bits per heavy atom. The number of nitriles is 1. The zero-order valence-corrected chi connectivity index (χ0v) is 15.7. The highest BCUT2D eigenvalue weighted by atomic mass is 19.1. The number of nitrogens with one attached hydrogen (secondary N) is 1. The maximum absolute atomic E-state index is 13.5. The summed E-state index contributed by atoms with van der Waals surface area (Å²) < 4.78 is 13.5. The van der Waals surface area contributed by atoms with E-state index in [9.17, 15) is 9.50 Å². The van der Waals surface area contributed by atoms with Crippen LogP contribution in [0, 0.1) is 17.1 Å². The summed E-state index contributed by atoms with van der Waals surface area (Å²) in [4.78, 5) is 8.83. The van der Waals surface area contributed by atoms with Gasteiger partial charge in [0.2, 0.25) is 0 Å². The zero-order valence-electron chi connectivity index (χ0n) is 15.7. The molecule has 2 aromatic heterocycles. The second-order valence-electron chi connectivity index (χ2n) is 7.00. The number of hydrogen-bond acceptors (Lipinski definition) is 5. The fourth-order valence-electron chi connectivity index (χ4n) is 3.50. The number of benzene rings is 2. The minimum Gasteiger partial charge on any atom is -0.384 e. The predicted octanol–water partition coefficient (Wildman–Crippen LogP) is 3.60. The van der Waals surface area contributed by atoms with Crippen molar-refractivity contribution >= 4 is 10.9 Å². The molecule has 4 aromatic rings. The van der Waals surface area contributed by atoms with Gasteiger partial charge in [0, 0.05) is 23.4 Å². The van der Waals surface area contributed by atoms with E-state index in [1.807, 2.05) is 19.1 Å². The molecule has 2 heterocycles. The van der Waals surface area contributed by atoms with Crippen LogP contribution in [-0.2, 0) is 12.0 Å². The average Bonchev–Trinajstić information content (AvgIpc) is 3.25. The van der Waals surface area contributed by atoms with Gasteiger partial charge in [-0.2, -0.15) is 10.4 Å². The van der Waals surface area contributed by atoms with E-state index in [1.165, 1.54) is 18.5 Å². The van der Waals surface area contributed by atoms with Gasteiger partial charge in [0.25, 0.3) is 0 Å². The number of aromatic amines is 1. The minimum absolute atomic E-state index is 0.135. The Labute approximate surface area is 166 Å². The largest absolute Gasteiger partial charge is 0.384 e. The van der Waals surface area contributed by atoms with Crippen LogP contribution in [0.5, 0.6) is 0 Å². The Balaban J connectivity index is 1.78. The second-order valence-corrected chi connectivity index (χ2v) is 7.00. The van der Waals surface area contributed by atoms with Crippen molar-refractivity contribution in [1.29, 1.82) is 5.26 Å². The van der Waals surface area contributed by atoms with Gasteiger partial charge in [0.15, 0.2) is 5.82 Å². The van der Waals surface area contributed by atoms with Crippen molar-refractivity contribution in [3.05, 3.63) is 89.4 Å². The van der Waals surface area contributed by atoms with E-state index in [0.717, 1.165) is 10.9 Å². The predicted molar refractivity (Wildman–Crippen MR) is 105 cm³/mol. The molecule has 0 fully saturated rings. The van der Waals surface area contributed by atoms with Crippen molar-refractivity contribution in [3.63, 3.8) is 0 Å². The smallest absolute Gasteiger partial charge is 0.153 e.